The van der Waals surface area contributed by atoms with Crippen LogP contribution in [0.15, 0.2) is 48.5 Å². The highest BCUT2D eigenvalue weighted by Crippen LogP contribution is 2.20. The van der Waals surface area contributed by atoms with E-state index >= 15 is 0 Å². The van der Waals surface area contributed by atoms with E-state index in [9.17, 15) is 4.79 Å². The first-order chi connectivity index (χ1) is 10.2. The number of aliphatic hydroxyl groups excluding tert-OH is 1. The Hall–Kier alpha value is -2.04. The van der Waals surface area contributed by atoms with Crippen molar-refractivity contribution in [1.82, 2.24) is 0 Å². The van der Waals surface area contributed by atoms with Crippen LogP contribution in [0.25, 0.3) is 0 Å². The average Bonchev–Trinajstić information content (AvgIpc) is 2.48. The molecule has 0 atom stereocenters. The van der Waals surface area contributed by atoms with Gasteiger partial charge in [-0.2, -0.15) is 0 Å². The van der Waals surface area contributed by atoms with Crippen LogP contribution in [0.4, 0.5) is 16.2 Å². The molecule has 0 unspecified atom stereocenters. The standard InChI is InChI=1S/C16H17ClN2O2/c17-14-8-1-2-9-15(14)19-16(21)18-13-7-3-5-12(11-13)6-4-10-20/h1-3,5,7-9,11,20H,4,6,10H2,(H2,18,19,21). The molecule has 0 aliphatic rings. The summed E-state index contributed by atoms with van der Waals surface area (Å²) in [6.07, 6.45) is 1.48. The zero-order valence-corrected chi connectivity index (χ0v) is 12.2. The van der Waals surface area contributed by atoms with Crippen LogP contribution in [0.1, 0.15) is 12.0 Å². The molecule has 3 N–H and O–H groups in total. The summed E-state index contributed by atoms with van der Waals surface area (Å²) >= 11 is 5.99. The third-order valence-corrected chi connectivity index (χ3v) is 3.26. The summed E-state index contributed by atoms with van der Waals surface area (Å²) in [6, 6.07) is 14.3. The number of carbonyl (C=O) groups excluding carboxylic acids is 1. The fourth-order valence-electron chi connectivity index (χ4n) is 1.94. The maximum Gasteiger partial charge on any atom is 0.323 e. The van der Waals surface area contributed by atoms with Crippen molar-refractivity contribution in [2.45, 2.75) is 12.8 Å². The molecule has 0 heterocycles. The van der Waals surface area contributed by atoms with Gasteiger partial charge in [0.15, 0.2) is 0 Å². The van der Waals surface area contributed by atoms with Gasteiger partial charge in [0.05, 0.1) is 10.7 Å². The lowest BCUT2D eigenvalue weighted by Gasteiger charge is -2.10. The summed E-state index contributed by atoms with van der Waals surface area (Å²) in [5, 5.41) is 14.8. The number of para-hydroxylation sites is 1. The number of rotatable bonds is 5. The van der Waals surface area contributed by atoms with Crippen molar-refractivity contribution in [2.24, 2.45) is 0 Å². The van der Waals surface area contributed by atoms with Gasteiger partial charge >= 0.3 is 6.03 Å². The second-order valence-electron chi connectivity index (χ2n) is 4.59. The number of halogens is 1. The molecule has 2 amide bonds. The number of hydrogen-bond acceptors (Lipinski definition) is 2. The molecule has 2 aromatic rings. The van der Waals surface area contributed by atoms with Crippen molar-refractivity contribution < 1.29 is 9.90 Å². The number of benzene rings is 2. The van der Waals surface area contributed by atoms with E-state index in [0.717, 1.165) is 12.0 Å². The van der Waals surface area contributed by atoms with Crippen LogP contribution in [0.5, 0.6) is 0 Å². The fraction of sp³-hybridized carbons (Fsp3) is 0.188. The van der Waals surface area contributed by atoms with Crippen molar-refractivity contribution >= 4 is 29.0 Å². The summed E-state index contributed by atoms with van der Waals surface area (Å²) in [4.78, 5) is 11.9. The maximum atomic E-state index is 11.9. The number of aliphatic hydroxyl groups is 1. The molecule has 0 bridgehead atoms. The second-order valence-corrected chi connectivity index (χ2v) is 4.99. The topological polar surface area (TPSA) is 61.4 Å². The molecule has 0 fully saturated rings. The smallest absolute Gasteiger partial charge is 0.323 e. The molecule has 0 saturated heterocycles. The quantitative estimate of drug-likeness (QED) is 0.784. The Bertz CT molecular complexity index is 617. The summed E-state index contributed by atoms with van der Waals surface area (Å²) in [5.74, 6) is 0. The lowest BCUT2D eigenvalue weighted by molar-refractivity contribution is 0.262. The van der Waals surface area contributed by atoms with Crippen molar-refractivity contribution in [3.8, 4) is 0 Å². The van der Waals surface area contributed by atoms with Crippen molar-refractivity contribution in [3.63, 3.8) is 0 Å². The molecular formula is C16H17ClN2O2. The van der Waals surface area contributed by atoms with E-state index in [2.05, 4.69) is 10.6 Å². The van der Waals surface area contributed by atoms with Crippen LogP contribution in [0, 0.1) is 0 Å². The lowest BCUT2D eigenvalue weighted by atomic mass is 10.1. The normalized spacial score (nSPS) is 10.2. The number of anilines is 2. The first-order valence-corrected chi connectivity index (χ1v) is 7.09. The van der Waals surface area contributed by atoms with Gasteiger partial charge < -0.3 is 15.7 Å². The highest BCUT2D eigenvalue weighted by Gasteiger charge is 2.05. The zero-order valence-electron chi connectivity index (χ0n) is 11.5. The molecule has 0 saturated carbocycles. The minimum Gasteiger partial charge on any atom is -0.396 e. The SMILES string of the molecule is O=C(Nc1cccc(CCCO)c1)Nc1ccccc1Cl. The van der Waals surface area contributed by atoms with Gasteiger partial charge in [-0.25, -0.2) is 4.79 Å². The summed E-state index contributed by atoms with van der Waals surface area (Å²) < 4.78 is 0. The number of carbonyl (C=O) groups is 1. The van der Waals surface area contributed by atoms with Gasteiger partial charge in [-0.1, -0.05) is 35.9 Å². The van der Waals surface area contributed by atoms with Gasteiger partial charge in [-0.05, 0) is 42.7 Å². The average molecular weight is 305 g/mol. The van der Waals surface area contributed by atoms with Crippen LogP contribution in [0.3, 0.4) is 0 Å². The number of hydrogen-bond donors (Lipinski definition) is 3. The zero-order chi connectivity index (χ0) is 15.1. The summed E-state index contributed by atoms with van der Waals surface area (Å²) in [5.41, 5.74) is 2.34. The Balaban J connectivity index is 1.98. The second kappa shape index (κ2) is 7.67. The molecule has 0 aromatic heterocycles. The van der Waals surface area contributed by atoms with Gasteiger partial charge in [0.2, 0.25) is 0 Å². The predicted octanol–water partition coefficient (Wildman–Crippen LogP) is 3.91. The largest absolute Gasteiger partial charge is 0.396 e. The molecule has 2 rings (SSSR count). The van der Waals surface area contributed by atoms with Crippen LogP contribution < -0.4 is 10.6 Å². The van der Waals surface area contributed by atoms with Crippen molar-refractivity contribution in [2.75, 3.05) is 17.2 Å². The van der Waals surface area contributed by atoms with E-state index in [0.29, 0.717) is 22.8 Å². The number of aryl methyl sites for hydroxylation is 1. The van der Waals surface area contributed by atoms with E-state index in [-0.39, 0.29) is 12.6 Å². The maximum absolute atomic E-state index is 11.9. The molecule has 4 nitrogen and oxygen atoms in total. The minimum atomic E-state index is -0.345. The van der Waals surface area contributed by atoms with Crippen LogP contribution in [-0.4, -0.2) is 17.7 Å². The molecule has 21 heavy (non-hydrogen) atoms. The Morgan fingerprint density at radius 1 is 1.10 bits per heavy atom. The summed E-state index contributed by atoms with van der Waals surface area (Å²) in [6.45, 7) is 0.157. The highest BCUT2D eigenvalue weighted by molar-refractivity contribution is 6.33. The molecule has 0 radical (unpaired) electrons. The Morgan fingerprint density at radius 2 is 1.90 bits per heavy atom. The molecular weight excluding hydrogens is 288 g/mol. The van der Waals surface area contributed by atoms with Crippen LogP contribution in [0.2, 0.25) is 5.02 Å². The Morgan fingerprint density at radius 3 is 2.67 bits per heavy atom. The third kappa shape index (κ3) is 4.77. The number of amides is 2. The molecule has 0 aliphatic carbocycles. The summed E-state index contributed by atoms with van der Waals surface area (Å²) in [7, 11) is 0. The first kappa shape index (κ1) is 15.4. The monoisotopic (exact) mass is 304 g/mol. The highest BCUT2D eigenvalue weighted by atomic mass is 35.5. The van der Waals surface area contributed by atoms with E-state index in [4.69, 9.17) is 16.7 Å². The van der Waals surface area contributed by atoms with Crippen LogP contribution in [-0.2, 0) is 6.42 Å². The van der Waals surface area contributed by atoms with E-state index in [1.807, 2.05) is 24.3 Å². The number of urea groups is 1. The van der Waals surface area contributed by atoms with Crippen molar-refractivity contribution in [3.05, 3.63) is 59.1 Å². The van der Waals surface area contributed by atoms with Gasteiger partial charge in [0, 0.05) is 12.3 Å². The fourth-order valence-corrected chi connectivity index (χ4v) is 2.12. The predicted molar refractivity (Wildman–Crippen MR) is 85.9 cm³/mol. The van der Waals surface area contributed by atoms with Crippen molar-refractivity contribution in [1.29, 1.82) is 0 Å². The third-order valence-electron chi connectivity index (χ3n) is 2.93. The van der Waals surface area contributed by atoms with Gasteiger partial charge in [-0.15, -0.1) is 0 Å². The van der Waals surface area contributed by atoms with E-state index in [1.165, 1.54) is 0 Å². The molecule has 110 valence electrons. The Labute approximate surface area is 128 Å². The van der Waals surface area contributed by atoms with Gasteiger partial charge in [-0.3, -0.25) is 0 Å². The molecule has 5 heteroatoms. The van der Waals surface area contributed by atoms with E-state index < -0.39 is 0 Å². The minimum absolute atomic E-state index is 0.157. The van der Waals surface area contributed by atoms with Crippen LogP contribution >= 0.6 is 11.6 Å². The molecule has 0 aliphatic heterocycles. The molecule has 0 spiro atoms. The molecule has 2 aromatic carbocycles. The number of nitrogens with one attached hydrogen (secondary N) is 2. The Kier molecular flexibility index (Phi) is 5.60. The first-order valence-electron chi connectivity index (χ1n) is 6.71. The lowest BCUT2D eigenvalue weighted by Crippen LogP contribution is -2.19. The van der Waals surface area contributed by atoms with Gasteiger partial charge in [0.25, 0.3) is 0 Å². The van der Waals surface area contributed by atoms with Gasteiger partial charge in [0.1, 0.15) is 0 Å². The van der Waals surface area contributed by atoms with E-state index in [1.54, 1.807) is 24.3 Å².